The van der Waals surface area contributed by atoms with E-state index in [2.05, 4.69) is 29.6 Å². The highest BCUT2D eigenvalue weighted by atomic mass is 16.5. The number of carbonyl (C=O) groups excluding carboxylic acids is 1. The molecule has 0 aromatic heterocycles. The predicted octanol–water partition coefficient (Wildman–Crippen LogP) is 2.17. The van der Waals surface area contributed by atoms with Crippen molar-refractivity contribution in [1.82, 2.24) is 5.32 Å². The number of rotatable bonds is 2. The third kappa shape index (κ3) is 1.99. The summed E-state index contributed by atoms with van der Waals surface area (Å²) in [7, 11) is 1.42. The topological polar surface area (TPSA) is 64.3 Å². The van der Waals surface area contributed by atoms with Gasteiger partial charge in [-0.05, 0) is 55.2 Å². The Bertz CT molecular complexity index is 517. The first-order valence-electron chi connectivity index (χ1n) is 7.34. The Labute approximate surface area is 119 Å². The Kier molecular flexibility index (Phi) is 3.42. The minimum atomic E-state index is -0.335. The number of fused-ring (bicyclic) bond motifs is 3. The number of hydrogen-bond donors (Lipinski definition) is 2. The summed E-state index contributed by atoms with van der Waals surface area (Å²) >= 11 is 0. The van der Waals surface area contributed by atoms with E-state index in [0.717, 1.165) is 32.2 Å². The van der Waals surface area contributed by atoms with Crippen LogP contribution in [0, 0.1) is 11.8 Å². The fraction of sp³-hybridized carbons (Fsp3) is 0.562. The van der Waals surface area contributed by atoms with E-state index in [1.165, 1.54) is 18.2 Å². The van der Waals surface area contributed by atoms with Gasteiger partial charge in [-0.2, -0.15) is 0 Å². The van der Waals surface area contributed by atoms with Gasteiger partial charge in [0.15, 0.2) is 0 Å². The third-order valence-corrected chi connectivity index (χ3v) is 5.07. The Hall–Kier alpha value is -1.55. The summed E-state index contributed by atoms with van der Waals surface area (Å²) in [6.07, 6.45) is 3.78. The van der Waals surface area contributed by atoms with Gasteiger partial charge in [0, 0.05) is 0 Å². The van der Waals surface area contributed by atoms with E-state index in [-0.39, 0.29) is 11.6 Å². The zero-order valence-corrected chi connectivity index (χ0v) is 11.9. The fourth-order valence-corrected chi connectivity index (χ4v) is 4.05. The van der Waals surface area contributed by atoms with Crippen molar-refractivity contribution < 1.29 is 9.53 Å². The highest BCUT2D eigenvalue weighted by Crippen LogP contribution is 2.51. The minimum absolute atomic E-state index is 0.255. The Morgan fingerprint density at radius 3 is 3.05 bits per heavy atom. The smallest absolute Gasteiger partial charge is 0.407 e. The summed E-state index contributed by atoms with van der Waals surface area (Å²) in [5.74, 6) is 1.00. The van der Waals surface area contributed by atoms with Gasteiger partial charge < -0.3 is 15.8 Å². The van der Waals surface area contributed by atoms with Gasteiger partial charge in [-0.3, -0.25) is 0 Å². The van der Waals surface area contributed by atoms with Gasteiger partial charge in [0.25, 0.3) is 0 Å². The van der Waals surface area contributed by atoms with Crippen LogP contribution < -0.4 is 11.1 Å². The van der Waals surface area contributed by atoms with Crippen molar-refractivity contribution in [1.29, 1.82) is 0 Å². The first-order valence-corrected chi connectivity index (χ1v) is 7.34. The Morgan fingerprint density at radius 1 is 1.50 bits per heavy atom. The molecule has 0 saturated heterocycles. The van der Waals surface area contributed by atoms with E-state index in [9.17, 15) is 4.79 Å². The molecule has 3 rings (SSSR count). The standard InChI is InChI=1S/C16H22N2O2/c1-20-15(19)18-16-7-6-11(10-17)8-13(16)9-12-4-2-3-5-14(12)16/h2-5,11,13H,6-10,17H2,1H3,(H,18,19)/t11-,13-,16+/m0/s1. The molecule has 1 amide bonds. The number of methoxy groups -OCH3 is 1. The highest BCUT2D eigenvalue weighted by molar-refractivity contribution is 5.69. The van der Waals surface area contributed by atoms with Gasteiger partial charge in [-0.1, -0.05) is 24.3 Å². The maximum Gasteiger partial charge on any atom is 0.407 e. The average Bonchev–Trinajstić information content (AvgIpc) is 2.80. The number of nitrogens with two attached hydrogens (primary N) is 1. The summed E-state index contributed by atoms with van der Waals surface area (Å²) < 4.78 is 4.85. The number of alkyl carbamates (subject to hydrolysis) is 1. The SMILES string of the molecule is COC(=O)N[C@]12CC[C@H](CN)C[C@H]1Cc1ccccc12. The van der Waals surface area contributed by atoms with Crippen molar-refractivity contribution in [3.8, 4) is 0 Å². The molecule has 2 aliphatic carbocycles. The molecule has 0 unspecified atom stereocenters. The highest BCUT2D eigenvalue weighted by Gasteiger charge is 2.50. The minimum Gasteiger partial charge on any atom is -0.453 e. The molecule has 3 atom stereocenters. The largest absolute Gasteiger partial charge is 0.453 e. The maximum atomic E-state index is 11.8. The van der Waals surface area contributed by atoms with Crippen LogP contribution in [0.4, 0.5) is 4.79 Å². The van der Waals surface area contributed by atoms with Gasteiger partial charge in [0.2, 0.25) is 0 Å². The van der Waals surface area contributed by atoms with E-state index in [0.29, 0.717) is 11.8 Å². The van der Waals surface area contributed by atoms with Crippen LogP contribution in [0.1, 0.15) is 30.4 Å². The lowest BCUT2D eigenvalue weighted by Crippen LogP contribution is -2.52. The van der Waals surface area contributed by atoms with Gasteiger partial charge in [-0.25, -0.2) is 4.79 Å². The molecule has 0 radical (unpaired) electrons. The van der Waals surface area contributed by atoms with Gasteiger partial charge >= 0.3 is 6.09 Å². The molecule has 0 spiro atoms. The van der Waals surface area contributed by atoms with Crippen LogP contribution in [-0.2, 0) is 16.7 Å². The molecule has 4 heteroatoms. The van der Waals surface area contributed by atoms with Crippen LogP contribution >= 0.6 is 0 Å². The second-order valence-corrected chi connectivity index (χ2v) is 6.02. The molecule has 20 heavy (non-hydrogen) atoms. The number of benzene rings is 1. The lowest BCUT2D eigenvalue weighted by molar-refractivity contribution is 0.102. The van der Waals surface area contributed by atoms with Crippen molar-refractivity contribution in [2.75, 3.05) is 13.7 Å². The number of nitrogens with one attached hydrogen (secondary N) is 1. The second-order valence-electron chi connectivity index (χ2n) is 6.02. The molecule has 4 nitrogen and oxygen atoms in total. The quantitative estimate of drug-likeness (QED) is 0.868. The van der Waals surface area contributed by atoms with E-state index in [4.69, 9.17) is 10.5 Å². The molecule has 0 heterocycles. The van der Waals surface area contributed by atoms with E-state index in [1.54, 1.807) is 0 Å². The lowest BCUT2D eigenvalue weighted by Gasteiger charge is -2.43. The number of carbonyl (C=O) groups is 1. The molecule has 0 aliphatic heterocycles. The van der Waals surface area contributed by atoms with Crippen LogP contribution in [0.15, 0.2) is 24.3 Å². The maximum absolute atomic E-state index is 11.8. The Morgan fingerprint density at radius 2 is 2.30 bits per heavy atom. The molecule has 3 N–H and O–H groups in total. The molecular formula is C16H22N2O2. The van der Waals surface area contributed by atoms with Crippen molar-refractivity contribution in [3.05, 3.63) is 35.4 Å². The van der Waals surface area contributed by atoms with Crippen LogP contribution in [0.25, 0.3) is 0 Å². The molecule has 2 aliphatic rings. The monoisotopic (exact) mass is 274 g/mol. The first-order chi connectivity index (χ1) is 9.69. The van der Waals surface area contributed by atoms with Crippen LogP contribution in [0.3, 0.4) is 0 Å². The lowest BCUT2D eigenvalue weighted by atomic mass is 9.69. The zero-order valence-electron chi connectivity index (χ0n) is 11.9. The van der Waals surface area contributed by atoms with Crippen molar-refractivity contribution in [3.63, 3.8) is 0 Å². The summed E-state index contributed by atoms with van der Waals surface area (Å²) in [4.78, 5) is 11.8. The van der Waals surface area contributed by atoms with Crippen molar-refractivity contribution >= 4 is 6.09 Å². The molecule has 1 aromatic rings. The van der Waals surface area contributed by atoms with Gasteiger partial charge in [0.1, 0.15) is 0 Å². The van der Waals surface area contributed by atoms with Crippen molar-refractivity contribution in [2.45, 2.75) is 31.2 Å². The number of hydrogen-bond acceptors (Lipinski definition) is 3. The number of ether oxygens (including phenoxy) is 1. The van der Waals surface area contributed by atoms with Gasteiger partial charge in [0.05, 0.1) is 12.6 Å². The second kappa shape index (κ2) is 5.09. The summed E-state index contributed by atoms with van der Waals surface area (Å²) in [6.45, 7) is 0.737. The normalized spacial score (nSPS) is 31.3. The third-order valence-electron chi connectivity index (χ3n) is 5.07. The van der Waals surface area contributed by atoms with Gasteiger partial charge in [-0.15, -0.1) is 0 Å². The average molecular weight is 274 g/mol. The zero-order chi connectivity index (χ0) is 14.2. The molecule has 1 aromatic carbocycles. The van der Waals surface area contributed by atoms with Crippen LogP contribution in [0.2, 0.25) is 0 Å². The van der Waals surface area contributed by atoms with Crippen LogP contribution in [0.5, 0.6) is 0 Å². The van der Waals surface area contributed by atoms with E-state index >= 15 is 0 Å². The summed E-state index contributed by atoms with van der Waals surface area (Å²) in [5, 5.41) is 3.14. The van der Waals surface area contributed by atoms with Crippen LogP contribution in [-0.4, -0.2) is 19.7 Å². The molecular weight excluding hydrogens is 252 g/mol. The van der Waals surface area contributed by atoms with Crippen molar-refractivity contribution in [2.24, 2.45) is 17.6 Å². The summed E-state index contributed by atoms with van der Waals surface area (Å²) in [6, 6.07) is 8.44. The molecule has 1 fully saturated rings. The van der Waals surface area contributed by atoms with E-state index < -0.39 is 0 Å². The fourth-order valence-electron chi connectivity index (χ4n) is 4.05. The molecule has 1 saturated carbocycles. The number of amides is 1. The summed E-state index contributed by atoms with van der Waals surface area (Å²) in [5.41, 5.74) is 8.22. The molecule has 108 valence electrons. The Balaban J connectivity index is 1.97. The first kappa shape index (κ1) is 13.4. The molecule has 0 bridgehead atoms. The predicted molar refractivity (Wildman–Crippen MR) is 77.3 cm³/mol. The van der Waals surface area contributed by atoms with E-state index in [1.807, 2.05) is 0 Å².